The molecule has 0 aliphatic heterocycles. The van der Waals surface area contributed by atoms with Crippen LogP contribution in [0.3, 0.4) is 0 Å². The minimum atomic E-state index is -0.347. The van der Waals surface area contributed by atoms with E-state index in [2.05, 4.69) is 4.98 Å². The van der Waals surface area contributed by atoms with Crippen molar-refractivity contribution in [1.29, 1.82) is 0 Å². The summed E-state index contributed by atoms with van der Waals surface area (Å²) < 4.78 is 4.80. The normalized spacial score (nSPS) is 10.2. The molecule has 0 aliphatic carbocycles. The van der Waals surface area contributed by atoms with Crippen LogP contribution in [0.25, 0.3) is 0 Å². The van der Waals surface area contributed by atoms with Crippen molar-refractivity contribution >= 4 is 23.3 Å². The third-order valence-electron chi connectivity index (χ3n) is 2.93. The van der Waals surface area contributed by atoms with Gasteiger partial charge in [-0.15, -0.1) is 0 Å². The van der Waals surface area contributed by atoms with E-state index in [9.17, 15) is 4.79 Å². The molecule has 1 aromatic heterocycles. The Bertz CT molecular complexity index is 616. The van der Waals surface area contributed by atoms with Crippen LogP contribution in [-0.2, 0) is 11.3 Å². The predicted molar refractivity (Wildman–Crippen MR) is 79.1 cm³/mol. The van der Waals surface area contributed by atoms with Crippen LogP contribution in [0, 0.1) is 0 Å². The average molecular weight is 291 g/mol. The fraction of sp³-hybridized carbons (Fsp3) is 0.200. The third kappa shape index (κ3) is 3.27. The maximum absolute atomic E-state index is 11.8. The summed E-state index contributed by atoms with van der Waals surface area (Å²) in [6.07, 6.45) is 1.66. The van der Waals surface area contributed by atoms with E-state index in [4.69, 9.17) is 16.3 Å². The summed E-state index contributed by atoms with van der Waals surface area (Å²) in [5, 5.41) is 0.456. The highest BCUT2D eigenvalue weighted by Crippen LogP contribution is 2.22. The molecule has 0 atom stereocenters. The lowest BCUT2D eigenvalue weighted by Crippen LogP contribution is -2.19. The molecular weight excluding hydrogens is 276 g/mol. The van der Waals surface area contributed by atoms with E-state index in [0.717, 1.165) is 11.3 Å². The number of benzene rings is 1. The van der Waals surface area contributed by atoms with Gasteiger partial charge in [0.25, 0.3) is 0 Å². The maximum atomic E-state index is 11.8. The molecule has 0 saturated carbocycles. The van der Waals surface area contributed by atoms with Gasteiger partial charge in [-0.3, -0.25) is 0 Å². The monoisotopic (exact) mass is 290 g/mol. The Balaban J connectivity index is 2.25. The van der Waals surface area contributed by atoms with Crippen molar-refractivity contribution in [1.82, 2.24) is 4.98 Å². The molecule has 0 fully saturated rings. The molecule has 1 aromatic carbocycles. The van der Waals surface area contributed by atoms with Crippen molar-refractivity contribution in [2.24, 2.45) is 0 Å². The van der Waals surface area contributed by atoms with Crippen molar-refractivity contribution < 1.29 is 9.53 Å². The molecule has 0 N–H and O–H groups in total. The molecule has 0 radical (unpaired) electrons. The molecule has 0 aliphatic rings. The van der Waals surface area contributed by atoms with Crippen LogP contribution in [-0.4, -0.2) is 25.1 Å². The van der Waals surface area contributed by atoms with E-state index in [0.29, 0.717) is 17.3 Å². The fourth-order valence-electron chi connectivity index (χ4n) is 1.99. The molecule has 0 bridgehead atoms. The van der Waals surface area contributed by atoms with Crippen LogP contribution in [0.15, 0.2) is 42.6 Å². The smallest absolute Gasteiger partial charge is 0.339 e. The number of hydrogen-bond donors (Lipinski definition) is 0. The summed E-state index contributed by atoms with van der Waals surface area (Å²) in [5.74, 6) is -0.347. The lowest BCUT2D eigenvalue weighted by atomic mass is 10.1. The molecule has 0 spiro atoms. The van der Waals surface area contributed by atoms with E-state index < -0.39 is 0 Å². The van der Waals surface area contributed by atoms with Crippen molar-refractivity contribution in [3.05, 3.63) is 58.9 Å². The number of methoxy groups -OCH3 is 1. The first kappa shape index (κ1) is 14.3. The average Bonchev–Trinajstić information content (AvgIpc) is 2.46. The number of carbonyl (C=O) groups is 1. The molecule has 5 heteroatoms. The Morgan fingerprint density at radius 2 is 2.10 bits per heavy atom. The first-order valence-corrected chi connectivity index (χ1v) is 6.48. The van der Waals surface area contributed by atoms with Crippen LogP contribution < -0.4 is 4.90 Å². The number of pyridine rings is 1. The molecule has 2 rings (SSSR count). The first-order valence-electron chi connectivity index (χ1n) is 6.10. The van der Waals surface area contributed by atoms with E-state index in [1.54, 1.807) is 18.3 Å². The van der Waals surface area contributed by atoms with Gasteiger partial charge in [0, 0.05) is 19.8 Å². The Labute approximate surface area is 123 Å². The number of carbonyl (C=O) groups excluding carboxylic acids is 1. The first-order chi connectivity index (χ1) is 9.61. The zero-order valence-electron chi connectivity index (χ0n) is 11.3. The van der Waals surface area contributed by atoms with Gasteiger partial charge in [0.1, 0.15) is 5.15 Å². The highest BCUT2D eigenvalue weighted by molar-refractivity contribution is 6.29. The lowest BCUT2D eigenvalue weighted by Gasteiger charge is -2.21. The topological polar surface area (TPSA) is 42.4 Å². The van der Waals surface area contributed by atoms with Gasteiger partial charge in [-0.25, -0.2) is 9.78 Å². The Morgan fingerprint density at radius 1 is 1.35 bits per heavy atom. The van der Waals surface area contributed by atoms with Gasteiger partial charge >= 0.3 is 5.97 Å². The zero-order chi connectivity index (χ0) is 14.5. The summed E-state index contributed by atoms with van der Waals surface area (Å²) in [4.78, 5) is 17.7. The SMILES string of the molecule is COC(=O)c1ccccc1N(C)Cc1ccnc(Cl)c1. The van der Waals surface area contributed by atoms with Gasteiger partial charge in [-0.2, -0.15) is 0 Å². The minimum Gasteiger partial charge on any atom is -0.465 e. The van der Waals surface area contributed by atoms with Crippen molar-refractivity contribution in [3.8, 4) is 0 Å². The largest absolute Gasteiger partial charge is 0.465 e. The Morgan fingerprint density at radius 3 is 2.80 bits per heavy atom. The van der Waals surface area contributed by atoms with Gasteiger partial charge in [0.15, 0.2) is 0 Å². The molecule has 2 aromatic rings. The van der Waals surface area contributed by atoms with E-state index in [-0.39, 0.29) is 5.97 Å². The number of esters is 1. The van der Waals surface area contributed by atoms with Gasteiger partial charge in [0.2, 0.25) is 0 Å². The van der Waals surface area contributed by atoms with Gasteiger partial charge < -0.3 is 9.64 Å². The maximum Gasteiger partial charge on any atom is 0.339 e. The molecule has 0 unspecified atom stereocenters. The van der Waals surface area contributed by atoms with Gasteiger partial charge in [0.05, 0.1) is 18.4 Å². The van der Waals surface area contributed by atoms with E-state index in [1.165, 1.54) is 7.11 Å². The van der Waals surface area contributed by atoms with Crippen molar-refractivity contribution in [2.75, 3.05) is 19.1 Å². The number of halogens is 1. The molecule has 20 heavy (non-hydrogen) atoms. The van der Waals surface area contributed by atoms with Crippen molar-refractivity contribution in [3.63, 3.8) is 0 Å². The van der Waals surface area contributed by atoms with Crippen LogP contribution in [0.2, 0.25) is 5.15 Å². The standard InChI is InChI=1S/C15H15ClN2O2/c1-18(10-11-7-8-17-14(16)9-11)13-6-4-3-5-12(13)15(19)20-2/h3-9H,10H2,1-2H3. The molecular formula is C15H15ClN2O2. The number of para-hydroxylation sites is 1. The molecule has 1 heterocycles. The summed E-state index contributed by atoms with van der Waals surface area (Å²) in [6.45, 7) is 0.621. The number of rotatable bonds is 4. The fourth-order valence-corrected chi connectivity index (χ4v) is 2.19. The van der Waals surface area contributed by atoms with Gasteiger partial charge in [-0.05, 0) is 29.8 Å². The second-order valence-corrected chi connectivity index (χ2v) is 4.74. The number of ether oxygens (including phenoxy) is 1. The van der Waals surface area contributed by atoms with Crippen LogP contribution >= 0.6 is 11.6 Å². The number of anilines is 1. The number of aromatic nitrogens is 1. The highest BCUT2D eigenvalue weighted by atomic mass is 35.5. The lowest BCUT2D eigenvalue weighted by molar-refractivity contribution is 0.0601. The molecule has 104 valence electrons. The van der Waals surface area contributed by atoms with Crippen molar-refractivity contribution in [2.45, 2.75) is 6.54 Å². The second kappa shape index (κ2) is 6.39. The second-order valence-electron chi connectivity index (χ2n) is 4.35. The summed E-state index contributed by atoms with van der Waals surface area (Å²) in [5.41, 5.74) is 2.37. The summed E-state index contributed by atoms with van der Waals surface area (Å²) >= 11 is 5.87. The Kier molecular flexibility index (Phi) is 4.58. The van der Waals surface area contributed by atoms with E-state index in [1.807, 2.05) is 36.2 Å². The van der Waals surface area contributed by atoms with Crippen LogP contribution in [0.4, 0.5) is 5.69 Å². The molecule has 4 nitrogen and oxygen atoms in total. The number of nitrogens with zero attached hydrogens (tertiary/aromatic N) is 2. The molecule has 0 saturated heterocycles. The number of hydrogen-bond acceptors (Lipinski definition) is 4. The minimum absolute atomic E-state index is 0.347. The summed E-state index contributed by atoms with van der Waals surface area (Å²) in [7, 11) is 3.29. The third-order valence-corrected chi connectivity index (χ3v) is 3.14. The van der Waals surface area contributed by atoms with Gasteiger partial charge in [-0.1, -0.05) is 23.7 Å². The van der Waals surface area contributed by atoms with E-state index >= 15 is 0 Å². The highest BCUT2D eigenvalue weighted by Gasteiger charge is 2.14. The zero-order valence-corrected chi connectivity index (χ0v) is 12.1. The molecule has 0 amide bonds. The quantitative estimate of drug-likeness (QED) is 0.641. The Hall–Kier alpha value is -2.07. The summed E-state index contributed by atoms with van der Waals surface area (Å²) in [6, 6.07) is 11.0. The van der Waals surface area contributed by atoms with Crippen LogP contribution in [0.5, 0.6) is 0 Å². The predicted octanol–water partition coefficient (Wildman–Crippen LogP) is 3.16. The van der Waals surface area contributed by atoms with Crippen LogP contribution in [0.1, 0.15) is 15.9 Å².